The van der Waals surface area contributed by atoms with Crippen LogP contribution in [0.15, 0.2) is 12.3 Å². The number of amides is 1. The Labute approximate surface area is 202 Å². The van der Waals surface area contributed by atoms with Crippen LogP contribution in [0.4, 0.5) is 10.6 Å². The number of ether oxygens (including phenoxy) is 2. The van der Waals surface area contributed by atoms with Crippen LogP contribution in [-0.2, 0) is 9.47 Å². The molecule has 188 valence electrons. The lowest BCUT2D eigenvalue weighted by atomic mass is 10.0. The molecule has 4 heterocycles. The molecule has 0 radical (unpaired) electrons. The van der Waals surface area contributed by atoms with Gasteiger partial charge in [-0.3, -0.25) is 0 Å². The second-order valence-corrected chi connectivity index (χ2v) is 10.9. The van der Waals surface area contributed by atoms with Crippen LogP contribution in [0.25, 0.3) is 5.65 Å². The van der Waals surface area contributed by atoms with Crippen LogP contribution < -0.4 is 5.32 Å². The van der Waals surface area contributed by atoms with E-state index in [9.17, 15) is 4.79 Å². The highest BCUT2D eigenvalue weighted by Gasteiger charge is 2.30. The number of nitrogens with zero attached hydrogens (tertiary/aromatic N) is 5. The molecule has 2 aliphatic heterocycles. The first-order chi connectivity index (χ1) is 16.1. The van der Waals surface area contributed by atoms with E-state index in [0.29, 0.717) is 31.7 Å². The lowest BCUT2D eigenvalue weighted by molar-refractivity contribution is -0.0538. The van der Waals surface area contributed by atoms with E-state index in [1.54, 1.807) is 4.90 Å². The third-order valence-corrected chi connectivity index (χ3v) is 6.44. The molecule has 2 fully saturated rings. The van der Waals surface area contributed by atoms with Crippen molar-refractivity contribution in [3.63, 3.8) is 0 Å². The average molecular weight is 473 g/mol. The van der Waals surface area contributed by atoms with Crippen LogP contribution in [0.2, 0.25) is 0 Å². The van der Waals surface area contributed by atoms with Crippen LogP contribution in [0.1, 0.15) is 64.6 Å². The van der Waals surface area contributed by atoms with Gasteiger partial charge in [-0.1, -0.05) is 13.8 Å². The number of hydrogen-bond donors (Lipinski definition) is 1. The van der Waals surface area contributed by atoms with E-state index in [1.807, 2.05) is 38.4 Å². The summed E-state index contributed by atoms with van der Waals surface area (Å²) in [5.74, 6) is 1.40. The van der Waals surface area contributed by atoms with E-state index in [2.05, 4.69) is 35.2 Å². The van der Waals surface area contributed by atoms with Crippen LogP contribution in [0.5, 0.6) is 0 Å². The molecule has 0 unspecified atom stereocenters. The minimum atomic E-state index is -0.481. The van der Waals surface area contributed by atoms with Crippen molar-refractivity contribution in [2.45, 2.75) is 78.0 Å². The maximum Gasteiger partial charge on any atom is 0.410 e. The van der Waals surface area contributed by atoms with Gasteiger partial charge in [0.2, 0.25) is 0 Å². The van der Waals surface area contributed by atoms with Gasteiger partial charge >= 0.3 is 6.09 Å². The van der Waals surface area contributed by atoms with E-state index in [4.69, 9.17) is 14.5 Å². The number of morpholine rings is 1. The molecular weight excluding hydrogens is 432 g/mol. The maximum absolute atomic E-state index is 12.4. The number of likely N-dealkylation sites (tertiary alicyclic amines) is 1. The van der Waals surface area contributed by atoms with Crippen LogP contribution >= 0.6 is 0 Å². The first kappa shape index (κ1) is 24.7. The standard InChI is InChI=1S/C25H40N6O3/c1-17(2)21-14-26-31-22(13-18(3)27-23(21)31)28-19-7-9-29(10-8-19)15-20-16-30(11-12-33-20)24(32)34-25(4,5)6/h13-14,17,19-20,28H,7-12,15-16H2,1-6H3/t20-/m1/s1. The number of aromatic nitrogens is 3. The normalized spacial score (nSPS) is 20.8. The van der Waals surface area contributed by atoms with Crippen molar-refractivity contribution in [3.8, 4) is 0 Å². The number of carbonyl (C=O) groups excluding carboxylic acids is 1. The predicted molar refractivity (Wildman–Crippen MR) is 132 cm³/mol. The van der Waals surface area contributed by atoms with Crippen molar-refractivity contribution in [2.75, 3.05) is 44.6 Å². The van der Waals surface area contributed by atoms with E-state index < -0.39 is 5.60 Å². The van der Waals surface area contributed by atoms with Gasteiger partial charge in [0.15, 0.2) is 5.65 Å². The summed E-state index contributed by atoms with van der Waals surface area (Å²) in [6, 6.07) is 2.47. The third-order valence-electron chi connectivity index (χ3n) is 6.44. The summed E-state index contributed by atoms with van der Waals surface area (Å²) in [6.45, 7) is 16.6. The first-order valence-electron chi connectivity index (χ1n) is 12.5. The molecule has 0 aromatic carbocycles. The van der Waals surface area contributed by atoms with Gasteiger partial charge in [0, 0.05) is 49.5 Å². The Morgan fingerprint density at radius 2 is 2.00 bits per heavy atom. The third kappa shape index (κ3) is 5.99. The molecule has 0 bridgehead atoms. The number of nitrogens with one attached hydrogen (secondary N) is 1. The van der Waals surface area contributed by atoms with Crippen LogP contribution in [-0.4, -0.2) is 87.6 Å². The Bertz CT molecular complexity index is 990. The van der Waals surface area contributed by atoms with Gasteiger partial charge in [-0.05, 0) is 46.5 Å². The predicted octanol–water partition coefficient (Wildman–Crippen LogP) is 3.67. The summed E-state index contributed by atoms with van der Waals surface area (Å²) in [5.41, 5.74) is 2.64. The van der Waals surface area contributed by atoms with Crippen molar-refractivity contribution in [1.29, 1.82) is 0 Å². The summed E-state index contributed by atoms with van der Waals surface area (Å²) in [6.07, 6.45) is 3.80. The molecule has 2 aromatic rings. The maximum atomic E-state index is 12.4. The Balaban J connectivity index is 1.30. The minimum Gasteiger partial charge on any atom is -0.444 e. The summed E-state index contributed by atoms with van der Waals surface area (Å²) in [5, 5.41) is 8.32. The first-order valence-corrected chi connectivity index (χ1v) is 12.5. The number of aryl methyl sites for hydroxylation is 1. The van der Waals surface area contributed by atoms with E-state index in [0.717, 1.165) is 49.6 Å². The molecule has 1 N–H and O–H groups in total. The van der Waals surface area contributed by atoms with Gasteiger partial charge < -0.3 is 24.6 Å². The van der Waals surface area contributed by atoms with Gasteiger partial charge in [-0.2, -0.15) is 9.61 Å². The highest BCUT2D eigenvalue weighted by Crippen LogP contribution is 2.24. The summed E-state index contributed by atoms with van der Waals surface area (Å²) >= 11 is 0. The number of rotatable bonds is 5. The number of anilines is 1. The zero-order chi connectivity index (χ0) is 24.5. The van der Waals surface area contributed by atoms with E-state index >= 15 is 0 Å². The monoisotopic (exact) mass is 472 g/mol. The quantitative estimate of drug-likeness (QED) is 0.711. The van der Waals surface area contributed by atoms with Crippen LogP contribution in [0, 0.1) is 6.92 Å². The minimum absolute atomic E-state index is 0.0202. The fourth-order valence-corrected chi connectivity index (χ4v) is 4.69. The van der Waals surface area contributed by atoms with Crippen molar-refractivity contribution in [3.05, 3.63) is 23.5 Å². The number of fused-ring (bicyclic) bond motifs is 1. The number of carbonyl (C=O) groups is 1. The molecule has 0 saturated carbocycles. The van der Waals surface area contributed by atoms with Gasteiger partial charge in [0.1, 0.15) is 11.4 Å². The molecule has 34 heavy (non-hydrogen) atoms. The molecule has 9 nitrogen and oxygen atoms in total. The Morgan fingerprint density at radius 1 is 1.26 bits per heavy atom. The molecule has 2 aliphatic rings. The molecular formula is C25H40N6O3. The Morgan fingerprint density at radius 3 is 2.68 bits per heavy atom. The highest BCUT2D eigenvalue weighted by atomic mass is 16.6. The second kappa shape index (κ2) is 10.1. The largest absolute Gasteiger partial charge is 0.444 e. The van der Waals surface area contributed by atoms with Crippen molar-refractivity contribution >= 4 is 17.6 Å². The van der Waals surface area contributed by atoms with Crippen LogP contribution in [0.3, 0.4) is 0 Å². The SMILES string of the molecule is Cc1cc(NC2CCN(C[C@@H]3CN(C(=O)OC(C)(C)C)CCO3)CC2)n2ncc(C(C)C)c2n1. The lowest BCUT2D eigenvalue weighted by Gasteiger charge is -2.38. The second-order valence-electron chi connectivity index (χ2n) is 10.9. The Kier molecular flexibility index (Phi) is 7.33. The summed E-state index contributed by atoms with van der Waals surface area (Å²) < 4.78 is 13.4. The summed E-state index contributed by atoms with van der Waals surface area (Å²) in [7, 11) is 0. The molecule has 1 atom stereocenters. The van der Waals surface area contributed by atoms with E-state index in [-0.39, 0.29) is 12.2 Å². The zero-order valence-corrected chi connectivity index (χ0v) is 21.5. The molecule has 2 aromatic heterocycles. The van der Waals surface area contributed by atoms with Gasteiger partial charge in [0.05, 0.1) is 25.5 Å². The molecule has 2 saturated heterocycles. The van der Waals surface area contributed by atoms with Crippen molar-refractivity contribution in [1.82, 2.24) is 24.4 Å². The topological polar surface area (TPSA) is 84.2 Å². The molecule has 9 heteroatoms. The van der Waals surface area contributed by atoms with Crippen molar-refractivity contribution < 1.29 is 14.3 Å². The van der Waals surface area contributed by atoms with Crippen molar-refractivity contribution in [2.24, 2.45) is 0 Å². The van der Waals surface area contributed by atoms with Gasteiger partial charge in [-0.15, -0.1) is 0 Å². The van der Waals surface area contributed by atoms with E-state index in [1.165, 1.54) is 5.56 Å². The highest BCUT2D eigenvalue weighted by molar-refractivity contribution is 5.68. The number of hydrogen-bond acceptors (Lipinski definition) is 7. The van der Waals surface area contributed by atoms with Gasteiger partial charge in [-0.25, -0.2) is 9.78 Å². The molecule has 0 spiro atoms. The zero-order valence-electron chi connectivity index (χ0n) is 21.5. The smallest absolute Gasteiger partial charge is 0.410 e. The Hall–Kier alpha value is -2.39. The van der Waals surface area contributed by atoms with Gasteiger partial charge in [0.25, 0.3) is 0 Å². The molecule has 4 rings (SSSR count). The average Bonchev–Trinajstić information content (AvgIpc) is 3.18. The lowest BCUT2D eigenvalue weighted by Crippen LogP contribution is -2.52. The molecule has 1 amide bonds. The summed E-state index contributed by atoms with van der Waals surface area (Å²) in [4.78, 5) is 21.4. The number of piperidine rings is 1. The molecule has 0 aliphatic carbocycles. The fraction of sp³-hybridized carbons (Fsp3) is 0.720. The fourth-order valence-electron chi connectivity index (χ4n) is 4.69.